The number of carbonyl (C=O) groups is 1. The highest BCUT2D eigenvalue weighted by Gasteiger charge is 2.09. The zero-order chi connectivity index (χ0) is 14.5. The summed E-state index contributed by atoms with van der Waals surface area (Å²) in [6.45, 7) is 2.74. The van der Waals surface area contributed by atoms with Crippen LogP contribution in [0.3, 0.4) is 0 Å². The third kappa shape index (κ3) is 3.36. The molecule has 0 saturated carbocycles. The molecular formula is C13H17N5OS. The maximum Gasteiger partial charge on any atom is 0.253 e. The minimum atomic E-state index is 0.00948. The van der Waals surface area contributed by atoms with E-state index in [1.54, 1.807) is 35.4 Å². The van der Waals surface area contributed by atoms with Crippen LogP contribution in [0.2, 0.25) is 0 Å². The van der Waals surface area contributed by atoms with Crippen molar-refractivity contribution in [1.82, 2.24) is 25.1 Å². The standard InChI is InChI=1S/C13H17N5OS/c1-4-18-13(14-15-16-18)20-9-10-6-5-7-11(8-10)12(19)17(2)3/h5-8H,4,9H2,1-3H3. The molecule has 1 aromatic heterocycles. The van der Waals surface area contributed by atoms with E-state index in [1.165, 1.54) is 0 Å². The highest BCUT2D eigenvalue weighted by atomic mass is 32.2. The van der Waals surface area contributed by atoms with Crippen LogP contribution < -0.4 is 0 Å². The fourth-order valence-corrected chi connectivity index (χ4v) is 2.58. The quantitative estimate of drug-likeness (QED) is 0.784. The molecule has 0 spiro atoms. The van der Waals surface area contributed by atoms with Crippen LogP contribution in [0.5, 0.6) is 0 Å². The third-order valence-electron chi connectivity index (χ3n) is 2.75. The molecule has 0 saturated heterocycles. The predicted molar refractivity (Wildman–Crippen MR) is 77.5 cm³/mol. The molecule has 20 heavy (non-hydrogen) atoms. The second-order valence-electron chi connectivity index (χ2n) is 4.47. The Bertz CT molecular complexity index is 596. The Balaban J connectivity index is 2.07. The van der Waals surface area contributed by atoms with Gasteiger partial charge < -0.3 is 4.90 Å². The van der Waals surface area contributed by atoms with Crippen molar-refractivity contribution < 1.29 is 4.79 Å². The van der Waals surface area contributed by atoms with Gasteiger partial charge >= 0.3 is 0 Å². The lowest BCUT2D eigenvalue weighted by Gasteiger charge is -2.11. The molecule has 0 unspecified atom stereocenters. The maximum absolute atomic E-state index is 11.9. The summed E-state index contributed by atoms with van der Waals surface area (Å²) in [6.07, 6.45) is 0. The number of thioether (sulfide) groups is 1. The van der Waals surface area contributed by atoms with E-state index >= 15 is 0 Å². The zero-order valence-corrected chi connectivity index (χ0v) is 12.6. The van der Waals surface area contributed by atoms with Gasteiger partial charge in [-0.2, -0.15) is 0 Å². The Morgan fingerprint density at radius 2 is 2.20 bits per heavy atom. The van der Waals surface area contributed by atoms with Crippen LogP contribution in [-0.2, 0) is 12.3 Å². The molecule has 0 bridgehead atoms. The molecule has 0 N–H and O–H groups in total. The third-order valence-corrected chi connectivity index (χ3v) is 3.77. The number of tetrazole rings is 1. The molecule has 1 aromatic carbocycles. The van der Waals surface area contributed by atoms with Gasteiger partial charge in [0.1, 0.15) is 0 Å². The summed E-state index contributed by atoms with van der Waals surface area (Å²) in [5, 5.41) is 12.3. The smallest absolute Gasteiger partial charge is 0.253 e. The fourth-order valence-electron chi connectivity index (χ4n) is 1.70. The van der Waals surface area contributed by atoms with Crippen LogP contribution in [0.1, 0.15) is 22.8 Å². The van der Waals surface area contributed by atoms with E-state index < -0.39 is 0 Å². The van der Waals surface area contributed by atoms with Gasteiger partial charge in [0, 0.05) is 32.0 Å². The largest absolute Gasteiger partial charge is 0.345 e. The highest BCUT2D eigenvalue weighted by molar-refractivity contribution is 7.98. The van der Waals surface area contributed by atoms with Gasteiger partial charge in [0.05, 0.1) is 0 Å². The Labute approximate surface area is 122 Å². The van der Waals surface area contributed by atoms with Crippen molar-refractivity contribution in [1.29, 1.82) is 0 Å². The Hall–Kier alpha value is -1.89. The van der Waals surface area contributed by atoms with Gasteiger partial charge in [0.25, 0.3) is 5.91 Å². The van der Waals surface area contributed by atoms with Crippen molar-refractivity contribution in [2.45, 2.75) is 24.4 Å². The average Bonchev–Trinajstić information content (AvgIpc) is 2.92. The van der Waals surface area contributed by atoms with Crippen LogP contribution >= 0.6 is 11.8 Å². The van der Waals surface area contributed by atoms with E-state index in [-0.39, 0.29) is 5.91 Å². The lowest BCUT2D eigenvalue weighted by Crippen LogP contribution is -2.21. The molecule has 0 aliphatic rings. The van der Waals surface area contributed by atoms with Crippen LogP contribution in [0.4, 0.5) is 0 Å². The van der Waals surface area contributed by atoms with Gasteiger partial charge in [0.15, 0.2) is 0 Å². The fraction of sp³-hybridized carbons (Fsp3) is 0.385. The van der Waals surface area contributed by atoms with Gasteiger partial charge in [-0.15, -0.1) is 5.10 Å². The molecule has 0 fully saturated rings. The zero-order valence-electron chi connectivity index (χ0n) is 11.8. The molecule has 1 amide bonds. The minimum absolute atomic E-state index is 0.00948. The topological polar surface area (TPSA) is 63.9 Å². The number of rotatable bonds is 5. The molecule has 1 heterocycles. The van der Waals surface area contributed by atoms with E-state index in [9.17, 15) is 4.79 Å². The molecule has 0 atom stereocenters. The van der Waals surface area contributed by atoms with Crippen molar-refractivity contribution in [2.24, 2.45) is 0 Å². The highest BCUT2D eigenvalue weighted by Crippen LogP contribution is 2.20. The number of aromatic nitrogens is 4. The summed E-state index contributed by atoms with van der Waals surface area (Å²) in [7, 11) is 3.50. The van der Waals surface area contributed by atoms with Gasteiger partial charge in [-0.05, 0) is 35.0 Å². The van der Waals surface area contributed by atoms with Crippen molar-refractivity contribution >= 4 is 17.7 Å². The molecule has 0 radical (unpaired) electrons. The summed E-state index contributed by atoms with van der Waals surface area (Å²) in [5.41, 5.74) is 1.77. The summed E-state index contributed by atoms with van der Waals surface area (Å²) in [4.78, 5) is 13.5. The lowest BCUT2D eigenvalue weighted by atomic mass is 10.1. The first-order valence-corrected chi connectivity index (χ1v) is 7.30. The van der Waals surface area contributed by atoms with Crippen LogP contribution in [-0.4, -0.2) is 45.1 Å². The van der Waals surface area contributed by atoms with Crippen LogP contribution in [0.15, 0.2) is 29.4 Å². The number of amides is 1. The Kier molecular flexibility index (Phi) is 4.73. The molecule has 2 rings (SSSR count). The first-order chi connectivity index (χ1) is 9.61. The molecule has 0 aliphatic heterocycles. The Morgan fingerprint density at radius 1 is 1.40 bits per heavy atom. The van der Waals surface area contributed by atoms with Crippen molar-refractivity contribution in [2.75, 3.05) is 14.1 Å². The van der Waals surface area contributed by atoms with Crippen LogP contribution in [0, 0.1) is 0 Å². The number of nitrogens with zero attached hydrogens (tertiary/aromatic N) is 5. The second-order valence-corrected chi connectivity index (χ2v) is 5.41. The minimum Gasteiger partial charge on any atom is -0.345 e. The summed E-state index contributed by atoms with van der Waals surface area (Å²) in [6, 6.07) is 7.64. The maximum atomic E-state index is 11.9. The Morgan fingerprint density at radius 3 is 2.90 bits per heavy atom. The molecule has 6 nitrogen and oxygen atoms in total. The van der Waals surface area contributed by atoms with Gasteiger partial charge in [0.2, 0.25) is 5.16 Å². The average molecular weight is 291 g/mol. The lowest BCUT2D eigenvalue weighted by molar-refractivity contribution is 0.0827. The van der Waals surface area contributed by atoms with E-state index in [1.807, 2.05) is 31.2 Å². The number of hydrogen-bond donors (Lipinski definition) is 0. The summed E-state index contributed by atoms with van der Waals surface area (Å²) < 4.78 is 1.75. The van der Waals surface area contributed by atoms with Crippen LogP contribution in [0.25, 0.3) is 0 Å². The first kappa shape index (κ1) is 14.5. The van der Waals surface area contributed by atoms with E-state index in [0.29, 0.717) is 5.56 Å². The predicted octanol–water partition coefficient (Wildman–Crippen LogP) is 1.69. The SMILES string of the molecule is CCn1nnnc1SCc1cccc(C(=O)N(C)C)c1. The van der Waals surface area contributed by atoms with E-state index in [2.05, 4.69) is 15.5 Å². The van der Waals surface area contributed by atoms with Crippen molar-refractivity contribution in [3.8, 4) is 0 Å². The molecule has 0 aliphatic carbocycles. The molecule has 2 aromatic rings. The van der Waals surface area contributed by atoms with Crippen molar-refractivity contribution in [3.05, 3.63) is 35.4 Å². The number of carbonyl (C=O) groups excluding carboxylic acids is 1. The summed E-state index contributed by atoms with van der Waals surface area (Å²) >= 11 is 1.56. The molecule has 7 heteroatoms. The number of hydrogen-bond acceptors (Lipinski definition) is 5. The molecular weight excluding hydrogens is 274 g/mol. The molecule has 106 valence electrons. The second kappa shape index (κ2) is 6.51. The van der Waals surface area contributed by atoms with Gasteiger partial charge in [-0.3, -0.25) is 4.79 Å². The number of benzene rings is 1. The normalized spacial score (nSPS) is 10.6. The van der Waals surface area contributed by atoms with Gasteiger partial charge in [-0.1, -0.05) is 23.9 Å². The van der Waals surface area contributed by atoms with E-state index in [4.69, 9.17) is 0 Å². The monoisotopic (exact) mass is 291 g/mol. The van der Waals surface area contributed by atoms with E-state index in [0.717, 1.165) is 23.0 Å². The van der Waals surface area contributed by atoms with Gasteiger partial charge in [-0.25, -0.2) is 4.68 Å². The van der Waals surface area contributed by atoms with Crippen molar-refractivity contribution in [3.63, 3.8) is 0 Å². The number of aryl methyl sites for hydroxylation is 1. The summed E-state index contributed by atoms with van der Waals surface area (Å²) in [5.74, 6) is 0.741. The first-order valence-electron chi connectivity index (χ1n) is 6.31.